The van der Waals surface area contributed by atoms with E-state index < -0.39 is 21.3 Å². The van der Waals surface area contributed by atoms with Crippen LogP contribution in [0.1, 0.15) is 36.5 Å². The van der Waals surface area contributed by atoms with Crippen LogP contribution in [0, 0.1) is 0 Å². The average molecular weight is 442 g/mol. The fourth-order valence-electron chi connectivity index (χ4n) is 3.85. The van der Waals surface area contributed by atoms with Gasteiger partial charge in [0, 0.05) is 22.7 Å². The van der Waals surface area contributed by atoms with Gasteiger partial charge in [-0.3, -0.25) is 4.79 Å². The van der Waals surface area contributed by atoms with Gasteiger partial charge in [-0.15, -0.1) is 0 Å². The average Bonchev–Trinajstić information content (AvgIpc) is 3.04. The van der Waals surface area contributed by atoms with Crippen molar-refractivity contribution in [3.05, 3.63) is 63.1 Å². The zero-order valence-electron chi connectivity index (χ0n) is 15.6. The topological polar surface area (TPSA) is 72.5 Å². The number of rotatable bonds is 6. The molecule has 1 aliphatic rings. The fraction of sp³-hybridized carbons (Fsp3) is 0.350. The number of benzene rings is 2. The monoisotopic (exact) mass is 441 g/mol. The van der Waals surface area contributed by atoms with Gasteiger partial charge in [0.2, 0.25) is 5.91 Å². The van der Waals surface area contributed by atoms with Crippen LogP contribution < -0.4 is 4.72 Å². The molecule has 0 heterocycles. The number of hydrogen-bond donors (Lipinski definition) is 1. The molecule has 0 saturated heterocycles. The highest BCUT2D eigenvalue weighted by Crippen LogP contribution is 2.44. The predicted molar refractivity (Wildman–Crippen MR) is 109 cm³/mol. The standard InChI is InChI=1S/C20H21Cl2NO4S/c1-3-20(11-10-13-15(20)6-4-7-16(13)21)19(24)23-28(25,26)18-9-5-8-17(22)14(18)12-27-2/h4-9H,3,10-12H2,1-2H3,(H,23,24). The van der Waals surface area contributed by atoms with E-state index >= 15 is 0 Å². The molecule has 0 aromatic heterocycles. The van der Waals surface area contributed by atoms with Crippen molar-refractivity contribution in [1.29, 1.82) is 0 Å². The van der Waals surface area contributed by atoms with Crippen LogP contribution >= 0.6 is 23.2 Å². The highest BCUT2D eigenvalue weighted by Gasteiger charge is 2.46. The molecule has 0 spiro atoms. The largest absolute Gasteiger partial charge is 0.380 e. The Labute approximate surface area is 175 Å². The molecule has 150 valence electrons. The summed E-state index contributed by atoms with van der Waals surface area (Å²) in [6, 6.07) is 9.93. The Morgan fingerprint density at radius 2 is 1.86 bits per heavy atom. The first kappa shape index (κ1) is 21.1. The number of carbonyl (C=O) groups excluding carboxylic acids is 1. The van der Waals surface area contributed by atoms with Gasteiger partial charge in [0.25, 0.3) is 10.0 Å². The van der Waals surface area contributed by atoms with E-state index in [4.69, 9.17) is 27.9 Å². The lowest BCUT2D eigenvalue weighted by molar-refractivity contribution is -0.125. The summed E-state index contributed by atoms with van der Waals surface area (Å²) in [5.41, 5.74) is 1.07. The molecule has 1 N–H and O–H groups in total. The molecular formula is C20H21Cl2NO4S. The van der Waals surface area contributed by atoms with Crippen molar-refractivity contribution < 1.29 is 17.9 Å². The SMILES string of the molecule is CCC1(C(=O)NS(=O)(=O)c2cccc(Cl)c2COC)CCc2c(Cl)cccc21. The van der Waals surface area contributed by atoms with Gasteiger partial charge in [0.15, 0.2) is 0 Å². The van der Waals surface area contributed by atoms with Crippen molar-refractivity contribution in [2.75, 3.05) is 7.11 Å². The third kappa shape index (κ3) is 3.54. The van der Waals surface area contributed by atoms with Crippen molar-refractivity contribution in [1.82, 2.24) is 4.72 Å². The number of amides is 1. The molecule has 1 unspecified atom stereocenters. The number of sulfonamides is 1. The molecule has 0 aliphatic heterocycles. The van der Waals surface area contributed by atoms with Crippen LogP contribution in [0.4, 0.5) is 0 Å². The van der Waals surface area contributed by atoms with Gasteiger partial charge in [0.1, 0.15) is 0 Å². The summed E-state index contributed by atoms with van der Waals surface area (Å²) in [6.07, 6.45) is 1.59. The Kier molecular flexibility index (Phi) is 6.05. The summed E-state index contributed by atoms with van der Waals surface area (Å²) in [5, 5.41) is 0.862. The van der Waals surface area contributed by atoms with E-state index in [0.717, 1.165) is 11.1 Å². The third-order valence-electron chi connectivity index (χ3n) is 5.36. The van der Waals surface area contributed by atoms with Gasteiger partial charge in [-0.2, -0.15) is 0 Å². The first-order chi connectivity index (χ1) is 13.3. The number of hydrogen-bond acceptors (Lipinski definition) is 4. The molecule has 1 atom stereocenters. The summed E-state index contributed by atoms with van der Waals surface area (Å²) in [4.78, 5) is 13.2. The molecule has 3 rings (SSSR count). The molecule has 2 aromatic carbocycles. The van der Waals surface area contributed by atoms with Crippen LogP contribution in [0.2, 0.25) is 10.0 Å². The Bertz CT molecular complexity index is 1020. The minimum Gasteiger partial charge on any atom is -0.380 e. The van der Waals surface area contributed by atoms with Crippen molar-refractivity contribution >= 4 is 39.1 Å². The number of halogens is 2. The molecule has 2 aromatic rings. The first-order valence-corrected chi connectivity index (χ1v) is 11.1. The van der Waals surface area contributed by atoms with Gasteiger partial charge < -0.3 is 4.74 Å². The lowest BCUT2D eigenvalue weighted by Crippen LogP contribution is -2.45. The van der Waals surface area contributed by atoms with E-state index in [1.54, 1.807) is 18.2 Å². The van der Waals surface area contributed by atoms with Crippen LogP contribution in [0.25, 0.3) is 0 Å². The highest BCUT2D eigenvalue weighted by molar-refractivity contribution is 7.90. The van der Waals surface area contributed by atoms with Crippen LogP contribution in [-0.4, -0.2) is 21.4 Å². The van der Waals surface area contributed by atoms with Crippen LogP contribution in [0.15, 0.2) is 41.3 Å². The second-order valence-corrected chi connectivity index (χ2v) is 9.25. The highest BCUT2D eigenvalue weighted by atomic mass is 35.5. The van der Waals surface area contributed by atoms with Gasteiger partial charge in [0.05, 0.1) is 16.9 Å². The van der Waals surface area contributed by atoms with Gasteiger partial charge in [-0.05, 0) is 48.6 Å². The fourth-order valence-corrected chi connectivity index (χ4v) is 5.70. The number of fused-ring (bicyclic) bond motifs is 1. The van der Waals surface area contributed by atoms with E-state index in [1.165, 1.54) is 19.2 Å². The third-order valence-corrected chi connectivity index (χ3v) is 7.48. The van der Waals surface area contributed by atoms with E-state index in [-0.39, 0.29) is 16.5 Å². The van der Waals surface area contributed by atoms with Crippen molar-refractivity contribution in [2.45, 2.75) is 43.1 Å². The van der Waals surface area contributed by atoms with Crippen molar-refractivity contribution in [2.24, 2.45) is 0 Å². The summed E-state index contributed by atoms with van der Waals surface area (Å²) in [6.45, 7) is 1.89. The maximum absolute atomic E-state index is 13.2. The Hall–Kier alpha value is -1.60. The molecule has 1 aliphatic carbocycles. The predicted octanol–water partition coefficient (Wildman–Crippen LogP) is 4.24. The van der Waals surface area contributed by atoms with Crippen molar-refractivity contribution in [3.63, 3.8) is 0 Å². The second-order valence-electron chi connectivity index (χ2n) is 6.79. The Balaban J connectivity index is 2.00. The number of methoxy groups -OCH3 is 1. The molecule has 0 radical (unpaired) electrons. The molecule has 1 amide bonds. The number of carbonyl (C=O) groups is 1. The number of ether oxygens (including phenoxy) is 1. The van der Waals surface area contributed by atoms with E-state index in [9.17, 15) is 13.2 Å². The van der Waals surface area contributed by atoms with Gasteiger partial charge in [-0.25, -0.2) is 13.1 Å². The lowest BCUT2D eigenvalue weighted by Gasteiger charge is -2.28. The first-order valence-electron chi connectivity index (χ1n) is 8.88. The molecule has 0 bridgehead atoms. The summed E-state index contributed by atoms with van der Waals surface area (Å²) >= 11 is 12.4. The molecular weight excluding hydrogens is 421 g/mol. The normalized spacial score (nSPS) is 18.7. The minimum atomic E-state index is -4.13. The quantitative estimate of drug-likeness (QED) is 0.727. The summed E-state index contributed by atoms with van der Waals surface area (Å²) in [5.74, 6) is -0.556. The molecule has 0 fully saturated rings. The maximum Gasteiger partial charge on any atom is 0.264 e. The minimum absolute atomic E-state index is 0.0153. The molecule has 5 nitrogen and oxygen atoms in total. The van der Waals surface area contributed by atoms with Crippen LogP contribution in [-0.2, 0) is 38.0 Å². The smallest absolute Gasteiger partial charge is 0.264 e. The van der Waals surface area contributed by atoms with Crippen LogP contribution in [0.5, 0.6) is 0 Å². The van der Waals surface area contributed by atoms with Gasteiger partial charge >= 0.3 is 0 Å². The Morgan fingerprint density at radius 1 is 1.18 bits per heavy atom. The second kappa shape index (κ2) is 8.03. The lowest BCUT2D eigenvalue weighted by atomic mass is 9.79. The van der Waals surface area contributed by atoms with Crippen LogP contribution in [0.3, 0.4) is 0 Å². The van der Waals surface area contributed by atoms with E-state index in [0.29, 0.717) is 29.8 Å². The van der Waals surface area contributed by atoms with E-state index in [2.05, 4.69) is 4.72 Å². The van der Waals surface area contributed by atoms with Crippen molar-refractivity contribution in [3.8, 4) is 0 Å². The zero-order valence-corrected chi connectivity index (χ0v) is 17.9. The zero-order chi connectivity index (χ0) is 20.5. The van der Waals surface area contributed by atoms with E-state index in [1.807, 2.05) is 13.0 Å². The maximum atomic E-state index is 13.2. The molecule has 8 heteroatoms. The summed E-state index contributed by atoms with van der Waals surface area (Å²) < 4.78 is 33.4. The van der Waals surface area contributed by atoms with Gasteiger partial charge in [-0.1, -0.05) is 48.3 Å². The Morgan fingerprint density at radius 3 is 2.54 bits per heavy atom. The summed E-state index contributed by atoms with van der Waals surface area (Å²) in [7, 11) is -2.68. The molecule has 28 heavy (non-hydrogen) atoms. The molecule has 0 saturated carbocycles. The number of nitrogens with one attached hydrogen (secondary N) is 1.